The van der Waals surface area contributed by atoms with E-state index in [0.29, 0.717) is 12.0 Å². The van der Waals surface area contributed by atoms with Crippen molar-refractivity contribution < 1.29 is 4.39 Å². The fourth-order valence-corrected chi connectivity index (χ4v) is 3.79. The SMILES string of the molecule is CC1CC(c2cccc(F)c2)N(CC2CCNCC2)C1. The molecule has 2 atom stereocenters. The smallest absolute Gasteiger partial charge is 0.123 e. The predicted octanol–water partition coefficient (Wildman–Crippen LogP) is 3.21. The third-order valence-corrected chi connectivity index (χ3v) is 4.80. The lowest BCUT2D eigenvalue weighted by Crippen LogP contribution is -2.36. The number of halogens is 1. The van der Waals surface area contributed by atoms with Crippen molar-refractivity contribution in [1.82, 2.24) is 10.2 Å². The molecule has 3 rings (SSSR count). The Morgan fingerprint density at radius 2 is 2.10 bits per heavy atom. The fraction of sp³-hybridized carbons (Fsp3) is 0.647. The molecule has 2 heterocycles. The number of nitrogens with one attached hydrogen (secondary N) is 1. The molecule has 3 heteroatoms. The Morgan fingerprint density at radius 1 is 1.30 bits per heavy atom. The van der Waals surface area contributed by atoms with Crippen molar-refractivity contribution in [3.05, 3.63) is 35.6 Å². The zero-order chi connectivity index (χ0) is 13.9. The van der Waals surface area contributed by atoms with E-state index in [2.05, 4.69) is 23.2 Å². The molecule has 0 bridgehead atoms. The lowest BCUT2D eigenvalue weighted by molar-refractivity contribution is 0.190. The second-order valence-corrected chi connectivity index (χ2v) is 6.56. The third-order valence-electron chi connectivity index (χ3n) is 4.80. The van der Waals surface area contributed by atoms with Gasteiger partial charge in [-0.25, -0.2) is 4.39 Å². The minimum absolute atomic E-state index is 0.108. The topological polar surface area (TPSA) is 15.3 Å². The van der Waals surface area contributed by atoms with E-state index in [1.807, 2.05) is 6.07 Å². The predicted molar refractivity (Wildman–Crippen MR) is 80.1 cm³/mol. The summed E-state index contributed by atoms with van der Waals surface area (Å²) in [6.07, 6.45) is 3.72. The normalized spacial score (nSPS) is 28.9. The average Bonchev–Trinajstić information content (AvgIpc) is 2.81. The van der Waals surface area contributed by atoms with Gasteiger partial charge in [0, 0.05) is 19.1 Å². The van der Waals surface area contributed by atoms with Crippen LogP contribution in [0, 0.1) is 17.7 Å². The summed E-state index contributed by atoms with van der Waals surface area (Å²) in [5.74, 6) is 1.41. The molecule has 0 aromatic heterocycles. The number of piperidine rings is 1. The van der Waals surface area contributed by atoms with Crippen molar-refractivity contribution in [3.8, 4) is 0 Å². The molecule has 0 amide bonds. The Bertz CT molecular complexity index is 442. The molecule has 0 spiro atoms. The fourth-order valence-electron chi connectivity index (χ4n) is 3.79. The Labute approximate surface area is 121 Å². The van der Waals surface area contributed by atoms with E-state index in [0.717, 1.165) is 37.5 Å². The highest BCUT2D eigenvalue weighted by Gasteiger charge is 2.32. The van der Waals surface area contributed by atoms with Gasteiger partial charge in [0.1, 0.15) is 5.82 Å². The molecule has 2 aliphatic rings. The van der Waals surface area contributed by atoms with Gasteiger partial charge in [0.15, 0.2) is 0 Å². The van der Waals surface area contributed by atoms with E-state index in [4.69, 9.17) is 0 Å². The summed E-state index contributed by atoms with van der Waals surface area (Å²) in [4.78, 5) is 2.59. The summed E-state index contributed by atoms with van der Waals surface area (Å²) in [7, 11) is 0. The molecular formula is C17H25FN2. The molecule has 2 saturated heterocycles. The van der Waals surface area contributed by atoms with Gasteiger partial charge >= 0.3 is 0 Å². The second kappa shape index (κ2) is 6.23. The first kappa shape index (κ1) is 14.0. The van der Waals surface area contributed by atoms with E-state index < -0.39 is 0 Å². The third kappa shape index (κ3) is 3.21. The van der Waals surface area contributed by atoms with Crippen LogP contribution in [0.4, 0.5) is 4.39 Å². The number of rotatable bonds is 3. The first-order valence-corrected chi connectivity index (χ1v) is 7.92. The van der Waals surface area contributed by atoms with Crippen LogP contribution < -0.4 is 5.32 Å². The quantitative estimate of drug-likeness (QED) is 0.912. The van der Waals surface area contributed by atoms with Gasteiger partial charge in [0.05, 0.1) is 0 Å². The number of hydrogen-bond acceptors (Lipinski definition) is 2. The van der Waals surface area contributed by atoms with Crippen molar-refractivity contribution in [2.24, 2.45) is 11.8 Å². The van der Waals surface area contributed by atoms with Crippen molar-refractivity contribution >= 4 is 0 Å². The van der Waals surface area contributed by atoms with Crippen LogP contribution in [0.15, 0.2) is 24.3 Å². The number of nitrogens with zero attached hydrogens (tertiary/aromatic N) is 1. The first-order valence-electron chi connectivity index (χ1n) is 7.92. The van der Waals surface area contributed by atoms with Gasteiger partial charge in [0.25, 0.3) is 0 Å². The van der Waals surface area contributed by atoms with Crippen LogP contribution in [0.5, 0.6) is 0 Å². The van der Waals surface area contributed by atoms with Crippen molar-refractivity contribution in [1.29, 1.82) is 0 Å². The van der Waals surface area contributed by atoms with Gasteiger partial charge in [-0.05, 0) is 61.9 Å². The molecule has 2 fully saturated rings. The molecule has 2 nitrogen and oxygen atoms in total. The number of hydrogen-bond donors (Lipinski definition) is 1. The van der Waals surface area contributed by atoms with Gasteiger partial charge in [-0.2, -0.15) is 0 Å². The maximum absolute atomic E-state index is 13.5. The zero-order valence-corrected chi connectivity index (χ0v) is 12.3. The highest BCUT2D eigenvalue weighted by Crippen LogP contribution is 2.36. The van der Waals surface area contributed by atoms with E-state index >= 15 is 0 Å². The molecule has 1 aromatic rings. The molecule has 2 unspecified atom stereocenters. The number of benzene rings is 1. The lowest BCUT2D eigenvalue weighted by atomic mass is 9.96. The summed E-state index contributed by atoms with van der Waals surface area (Å²) in [6, 6.07) is 7.60. The standard InChI is InChI=1S/C17H25FN2/c1-13-9-17(15-3-2-4-16(18)10-15)20(11-13)12-14-5-7-19-8-6-14/h2-4,10,13-14,17,19H,5-9,11-12H2,1H3. The summed E-state index contributed by atoms with van der Waals surface area (Å²) in [5, 5.41) is 3.43. The van der Waals surface area contributed by atoms with E-state index in [1.54, 1.807) is 12.1 Å². The van der Waals surface area contributed by atoms with Gasteiger partial charge in [-0.1, -0.05) is 19.1 Å². The van der Waals surface area contributed by atoms with Gasteiger partial charge in [-0.15, -0.1) is 0 Å². The summed E-state index contributed by atoms with van der Waals surface area (Å²) in [6.45, 7) is 6.95. The largest absolute Gasteiger partial charge is 0.317 e. The van der Waals surface area contributed by atoms with Gasteiger partial charge < -0.3 is 5.32 Å². The Hall–Kier alpha value is -0.930. The molecular weight excluding hydrogens is 251 g/mol. The number of likely N-dealkylation sites (tertiary alicyclic amines) is 1. The highest BCUT2D eigenvalue weighted by atomic mass is 19.1. The minimum atomic E-state index is -0.108. The van der Waals surface area contributed by atoms with Gasteiger partial charge in [0.2, 0.25) is 0 Å². The second-order valence-electron chi connectivity index (χ2n) is 6.56. The maximum atomic E-state index is 13.5. The molecule has 0 saturated carbocycles. The highest BCUT2D eigenvalue weighted by molar-refractivity contribution is 5.21. The average molecular weight is 276 g/mol. The summed E-state index contributed by atoms with van der Waals surface area (Å²) >= 11 is 0. The molecule has 2 aliphatic heterocycles. The van der Waals surface area contributed by atoms with Crippen LogP contribution in [0.2, 0.25) is 0 Å². The molecule has 0 radical (unpaired) electrons. The first-order chi connectivity index (χ1) is 9.72. The summed E-state index contributed by atoms with van der Waals surface area (Å²) in [5.41, 5.74) is 1.16. The van der Waals surface area contributed by atoms with Crippen LogP contribution in [0.25, 0.3) is 0 Å². The van der Waals surface area contributed by atoms with Crippen LogP contribution >= 0.6 is 0 Å². The van der Waals surface area contributed by atoms with E-state index in [1.165, 1.54) is 19.4 Å². The van der Waals surface area contributed by atoms with Crippen LogP contribution in [0.3, 0.4) is 0 Å². The lowest BCUT2D eigenvalue weighted by Gasteiger charge is -2.31. The van der Waals surface area contributed by atoms with Crippen molar-refractivity contribution in [2.45, 2.75) is 32.2 Å². The Balaban J connectivity index is 1.71. The van der Waals surface area contributed by atoms with Crippen LogP contribution in [-0.4, -0.2) is 31.1 Å². The van der Waals surface area contributed by atoms with Crippen molar-refractivity contribution in [2.75, 3.05) is 26.2 Å². The minimum Gasteiger partial charge on any atom is -0.317 e. The molecule has 110 valence electrons. The summed E-state index contributed by atoms with van der Waals surface area (Å²) < 4.78 is 13.5. The Kier molecular flexibility index (Phi) is 4.37. The van der Waals surface area contributed by atoms with Crippen LogP contribution in [-0.2, 0) is 0 Å². The molecule has 1 aromatic carbocycles. The molecule has 20 heavy (non-hydrogen) atoms. The molecule has 0 aliphatic carbocycles. The van der Waals surface area contributed by atoms with Crippen LogP contribution in [0.1, 0.15) is 37.8 Å². The zero-order valence-electron chi connectivity index (χ0n) is 12.3. The van der Waals surface area contributed by atoms with Gasteiger partial charge in [-0.3, -0.25) is 4.90 Å². The maximum Gasteiger partial charge on any atom is 0.123 e. The monoisotopic (exact) mass is 276 g/mol. The molecule has 1 N–H and O–H groups in total. The Morgan fingerprint density at radius 3 is 2.85 bits per heavy atom. The van der Waals surface area contributed by atoms with E-state index in [9.17, 15) is 4.39 Å². The van der Waals surface area contributed by atoms with E-state index in [-0.39, 0.29) is 5.82 Å². The van der Waals surface area contributed by atoms with Crippen molar-refractivity contribution in [3.63, 3.8) is 0 Å².